The van der Waals surface area contributed by atoms with Crippen LogP contribution in [-0.4, -0.2) is 23.4 Å². The predicted octanol–water partition coefficient (Wildman–Crippen LogP) is 2.83. The summed E-state index contributed by atoms with van der Waals surface area (Å²) in [5.74, 6) is 1.81. The molecule has 32 heavy (non-hydrogen) atoms. The van der Waals surface area contributed by atoms with E-state index in [1.165, 1.54) is 11.1 Å². The number of nitrogens with two attached hydrogens (primary N) is 2. The molecule has 1 saturated carbocycles. The van der Waals surface area contributed by atoms with Crippen molar-refractivity contribution in [1.82, 2.24) is 0 Å². The Morgan fingerprint density at radius 2 is 1.88 bits per heavy atom. The Balaban J connectivity index is 1.56. The summed E-state index contributed by atoms with van der Waals surface area (Å²) in [4.78, 5) is 0. The van der Waals surface area contributed by atoms with E-state index in [1.54, 1.807) is 0 Å². The smallest absolute Gasteiger partial charge is 0.371 e. The quantitative estimate of drug-likeness (QED) is 0.571. The molecule has 0 radical (unpaired) electrons. The van der Waals surface area contributed by atoms with Gasteiger partial charge in [0.25, 0.3) is 0 Å². The molecule has 1 aromatic carbocycles. The van der Waals surface area contributed by atoms with Crippen molar-refractivity contribution in [2.75, 3.05) is 6.61 Å². The van der Waals surface area contributed by atoms with Crippen LogP contribution in [0.3, 0.4) is 0 Å². The zero-order valence-corrected chi connectivity index (χ0v) is 20.2. The fourth-order valence-electron chi connectivity index (χ4n) is 6.44. The van der Waals surface area contributed by atoms with Gasteiger partial charge in [0.2, 0.25) is 0 Å². The average molecular weight is 485 g/mol. The van der Waals surface area contributed by atoms with E-state index in [2.05, 4.69) is 19.1 Å². The molecule has 4 N–H and O–H groups in total. The summed E-state index contributed by atoms with van der Waals surface area (Å²) in [6.07, 6.45) is 8.47. The lowest BCUT2D eigenvalue weighted by Crippen LogP contribution is -2.41. The van der Waals surface area contributed by atoms with Gasteiger partial charge in [0.15, 0.2) is 0 Å². The third kappa shape index (κ3) is 4.61. The monoisotopic (exact) mass is 484 g/mol. The first-order valence-corrected chi connectivity index (χ1v) is 14.1. The highest BCUT2D eigenvalue weighted by atomic mass is 32.2. The maximum Gasteiger partial charge on any atom is 0.380 e. The topological polar surface area (TPSA) is 139 Å². The second-order valence-electron chi connectivity index (χ2n) is 9.49. The van der Waals surface area contributed by atoms with Crippen LogP contribution >= 0.6 is 0 Å². The second kappa shape index (κ2) is 8.39. The maximum atomic E-state index is 11.5. The Hall–Kier alpha value is -1.46. The minimum atomic E-state index is -4.07. The molecule has 3 aliphatic carbocycles. The average Bonchev–Trinajstić information content (AvgIpc) is 3.01. The van der Waals surface area contributed by atoms with Gasteiger partial charge in [0.05, 0.1) is 6.61 Å². The van der Waals surface area contributed by atoms with Gasteiger partial charge in [-0.2, -0.15) is 22.0 Å². The first-order valence-electron chi connectivity index (χ1n) is 11.2. The molecule has 0 bridgehead atoms. The van der Waals surface area contributed by atoms with Crippen LogP contribution in [0.2, 0.25) is 0 Å². The molecule has 0 saturated heterocycles. The molecule has 0 heterocycles. The number of fused-ring (bicyclic) bond motifs is 5. The summed E-state index contributed by atoms with van der Waals surface area (Å²) in [7, 11) is -7.99. The van der Waals surface area contributed by atoms with E-state index in [4.69, 9.17) is 18.6 Å². The van der Waals surface area contributed by atoms with Gasteiger partial charge in [0, 0.05) is 0 Å². The first kappa shape index (κ1) is 23.7. The Bertz CT molecular complexity index is 1150. The predicted molar refractivity (Wildman–Crippen MR) is 121 cm³/mol. The largest absolute Gasteiger partial charge is 0.380 e. The van der Waals surface area contributed by atoms with Crippen LogP contribution in [0.4, 0.5) is 0 Å². The molecule has 1 aromatic rings. The Morgan fingerprint density at radius 3 is 2.53 bits per heavy atom. The fourth-order valence-corrected chi connectivity index (χ4v) is 7.16. The van der Waals surface area contributed by atoms with Crippen LogP contribution in [-0.2, 0) is 37.6 Å². The van der Waals surface area contributed by atoms with Crippen molar-refractivity contribution in [2.24, 2.45) is 27.5 Å². The highest BCUT2D eigenvalue weighted by molar-refractivity contribution is 7.84. The third-order valence-electron chi connectivity index (χ3n) is 7.85. The molecule has 0 amide bonds. The van der Waals surface area contributed by atoms with Crippen molar-refractivity contribution in [3.8, 4) is 5.75 Å². The minimum Gasteiger partial charge on any atom is -0.371 e. The molecule has 0 spiro atoms. The van der Waals surface area contributed by atoms with Crippen LogP contribution in [0, 0.1) is 17.3 Å². The summed E-state index contributed by atoms with van der Waals surface area (Å²) in [6, 6.07) is 3.99. The van der Waals surface area contributed by atoms with Crippen LogP contribution in [0.5, 0.6) is 5.75 Å². The standard InChI is InChI=1S/C22H32N2O6S2/c1-3-14-12-19-15(13-21(14)30-32(24,27)28)4-6-18-17(19)8-10-22(2)16(5-7-20(18)22)9-11-29-31(23,25)26/h5,12-13,17-18,20H,3-4,6-11H2,1-2H3,(H2,23,25,26)(H2,24,27,28). The Morgan fingerprint density at radius 1 is 1.12 bits per heavy atom. The van der Waals surface area contributed by atoms with E-state index in [-0.39, 0.29) is 12.0 Å². The number of rotatable bonds is 7. The molecule has 3 aliphatic rings. The molecule has 4 rings (SSSR count). The highest BCUT2D eigenvalue weighted by Gasteiger charge is 2.51. The number of hydrogen-bond donors (Lipinski definition) is 2. The van der Waals surface area contributed by atoms with Crippen molar-refractivity contribution in [1.29, 1.82) is 0 Å². The van der Waals surface area contributed by atoms with E-state index < -0.39 is 20.6 Å². The Labute approximate surface area is 190 Å². The summed E-state index contributed by atoms with van der Waals surface area (Å²) in [5, 5.41) is 10.1. The lowest BCUT2D eigenvalue weighted by molar-refractivity contribution is 0.0718. The van der Waals surface area contributed by atoms with Crippen molar-refractivity contribution in [3.05, 3.63) is 40.5 Å². The number of benzene rings is 1. The number of hydrogen-bond acceptors (Lipinski definition) is 6. The van der Waals surface area contributed by atoms with Crippen molar-refractivity contribution >= 4 is 20.6 Å². The normalized spacial score (nSPS) is 29.6. The zero-order valence-electron chi connectivity index (χ0n) is 18.5. The highest BCUT2D eigenvalue weighted by Crippen LogP contribution is 2.61. The number of aryl methyl sites for hydroxylation is 2. The van der Waals surface area contributed by atoms with Crippen LogP contribution in [0.15, 0.2) is 23.8 Å². The van der Waals surface area contributed by atoms with Crippen LogP contribution in [0.25, 0.3) is 0 Å². The lowest BCUT2D eigenvalue weighted by Gasteiger charge is -2.50. The molecule has 178 valence electrons. The van der Waals surface area contributed by atoms with Gasteiger partial charge in [-0.3, -0.25) is 4.18 Å². The van der Waals surface area contributed by atoms with E-state index in [9.17, 15) is 16.8 Å². The summed E-state index contributed by atoms with van der Waals surface area (Å²) in [5.41, 5.74) is 4.65. The van der Waals surface area contributed by atoms with Gasteiger partial charge in [-0.15, -0.1) is 0 Å². The molecule has 10 heteroatoms. The maximum absolute atomic E-state index is 11.5. The van der Waals surface area contributed by atoms with Crippen molar-refractivity contribution in [3.63, 3.8) is 0 Å². The van der Waals surface area contributed by atoms with Crippen LogP contribution in [0.1, 0.15) is 68.6 Å². The van der Waals surface area contributed by atoms with Gasteiger partial charge >= 0.3 is 20.6 Å². The SMILES string of the molecule is CCc1cc2c(cc1OS(N)(=O)=O)CCC1C2CCC2(C)C(CCOS(N)(=O)=O)=CCC12. The molecule has 0 aromatic heterocycles. The van der Waals surface area contributed by atoms with E-state index >= 15 is 0 Å². The third-order valence-corrected chi connectivity index (χ3v) is 8.76. The van der Waals surface area contributed by atoms with Crippen LogP contribution < -0.4 is 14.5 Å². The van der Waals surface area contributed by atoms with Gasteiger partial charge in [0.1, 0.15) is 5.75 Å². The van der Waals surface area contributed by atoms with Gasteiger partial charge in [-0.25, -0.2) is 5.14 Å². The molecule has 4 unspecified atom stereocenters. The first-order chi connectivity index (χ1) is 14.9. The lowest BCUT2D eigenvalue weighted by atomic mass is 9.54. The van der Waals surface area contributed by atoms with E-state index in [0.717, 1.165) is 43.2 Å². The van der Waals surface area contributed by atoms with E-state index in [1.807, 2.05) is 13.0 Å². The van der Waals surface area contributed by atoms with Crippen molar-refractivity contribution in [2.45, 2.75) is 64.7 Å². The van der Waals surface area contributed by atoms with Crippen molar-refractivity contribution < 1.29 is 25.2 Å². The molecule has 0 aliphatic heterocycles. The number of allylic oxidation sites excluding steroid dienone is 1. The minimum absolute atomic E-state index is 0.0463. The molecular formula is C22H32N2O6S2. The van der Waals surface area contributed by atoms with Gasteiger partial charge < -0.3 is 4.18 Å². The summed E-state index contributed by atoms with van der Waals surface area (Å²) >= 11 is 0. The van der Waals surface area contributed by atoms with Gasteiger partial charge in [-0.05, 0) is 90.9 Å². The molecule has 4 atom stereocenters. The van der Waals surface area contributed by atoms with E-state index in [0.29, 0.717) is 36.3 Å². The zero-order chi connectivity index (χ0) is 23.3. The fraction of sp³-hybridized carbons (Fsp3) is 0.636. The summed E-state index contributed by atoms with van der Waals surface area (Å²) < 4.78 is 55.0. The summed E-state index contributed by atoms with van der Waals surface area (Å²) in [6.45, 7) is 4.36. The molecular weight excluding hydrogens is 452 g/mol. The van der Waals surface area contributed by atoms with Gasteiger partial charge in [-0.1, -0.05) is 31.6 Å². The molecule has 8 nitrogen and oxygen atoms in total. The Kier molecular flexibility index (Phi) is 6.21. The second-order valence-corrected chi connectivity index (χ2v) is 11.9. The molecule has 1 fully saturated rings.